The summed E-state index contributed by atoms with van der Waals surface area (Å²) in [6.07, 6.45) is 17.5. The molecule has 9 heterocycles. The summed E-state index contributed by atoms with van der Waals surface area (Å²) < 4.78 is 48.5. The summed E-state index contributed by atoms with van der Waals surface area (Å²) in [5.74, 6) is 0.0974. The average molecular weight is 1600 g/mol. The Morgan fingerprint density at radius 1 is 0.564 bits per heavy atom. The van der Waals surface area contributed by atoms with E-state index in [1.165, 1.54) is 25.2 Å². The van der Waals surface area contributed by atoms with Crippen molar-refractivity contribution >= 4 is 82.1 Å². The van der Waals surface area contributed by atoms with E-state index in [1.54, 1.807) is 86.1 Å². The molecule has 7 amide bonds. The summed E-state index contributed by atoms with van der Waals surface area (Å²) in [4.78, 5) is 129. The van der Waals surface area contributed by atoms with Gasteiger partial charge >= 0.3 is 6.09 Å². The number of rotatable bonds is 32. The maximum atomic E-state index is 14.3. The number of hydrogen-bond donors (Lipinski definition) is 6. The summed E-state index contributed by atoms with van der Waals surface area (Å²) in [6, 6.07) is 28.4. The van der Waals surface area contributed by atoms with Crippen molar-refractivity contribution in [2.45, 2.75) is 121 Å². The molecule has 0 saturated carbocycles. The van der Waals surface area contributed by atoms with Crippen molar-refractivity contribution in [1.29, 1.82) is 0 Å². The molecule has 8 aromatic rings. The number of benzene rings is 4. The molecule has 4 aromatic carbocycles. The molecule has 0 aliphatic carbocycles. The summed E-state index contributed by atoms with van der Waals surface area (Å²) in [6.45, 7) is 7.27. The van der Waals surface area contributed by atoms with Crippen LogP contribution in [0.25, 0.3) is 22.3 Å². The van der Waals surface area contributed by atoms with Gasteiger partial charge in [0.25, 0.3) is 23.6 Å². The predicted octanol–water partition coefficient (Wildman–Crippen LogP) is 10.6. The highest BCUT2D eigenvalue weighted by atomic mass is 16.7. The van der Waals surface area contributed by atoms with Gasteiger partial charge < -0.3 is 94.0 Å². The highest BCUT2D eigenvalue weighted by Crippen LogP contribution is 2.44. The minimum atomic E-state index is -0.898. The van der Waals surface area contributed by atoms with Gasteiger partial charge in [0.05, 0.1) is 84.8 Å². The number of aliphatic imine (C=N–C) groups is 1. The Morgan fingerprint density at radius 3 is 1.59 bits per heavy atom. The van der Waals surface area contributed by atoms with E-state index in [4.69, 9.17) is 44.6 Å². The van der Waals surface area contributed by atoms with Crippen molar-refractivity contribution < 1.29 is 76.3 Å². The number of fused-ring (bicyclic) bond motifs is 4. The van der Waals surface area contributed by atoms with Gasteiger partial charge in [-0.3, -0.25) is 43.3 Å². The van der Waals surface area contributed by atoms with Gasteiger partial charge in [0.2, 0.25) is 11.8 Å². The van der Waals surface area contributed by atoms with Crippen LogP contribution in [-0.4, -0.2) is 192 Å². The number of carbonyl (C=O) groups excluding carboxylic acids is 9. The van der Waals surface area contributed by atoms with Crippen LogP contribution in [0, 0.1) is 0 Å². The normalized spacial score (nSPS) is 16.8. The zero-order valence-corrected chi connectivity index (χ0v) is 67.2. The van der Waals surface area contributed by atoms with Crippen LogP contribution in [0.5, 0.6) is 23.0 Å². The second kappa shape index (κ2) is 39.5. The van der Waals surface area contributed by atoms with Crippen LogP contribution in [-0.2, 0) is 64.8 Å². The number of nitrogens with two attached hydrogens (primary N) is 2. The molecule has 30 heteroatoms. The predicted molar refractivity (Wildman–Crippen MR) is 442 cm³/mol. The van der Waals surface area contributed by atoms with Gasteiger partial charge in [-0.2, -0.15) is 0 Å². The molecular formula is C87H104N14O16. The first kappa shape index (κ1) is 84.3. The van der Waals surface area contributed by atoms with Crippen molar-refractivity contribution in [1.82, 2.24) is 38.7 Å². The van der Waals surface area contributed by atoms with Crippen LogP contribution < -0.4 is 56.6 Å². The number of Topliss-reactive ketones (excluding diaryl/α,β-unsaturated/α-hetero) is 2. The topological polar surface area (TPSA) is 360 Å². The zero-order valence-electron chi connectivity index (χ0n) is 67.2. The van der Waals surface area contributed by atoms with Crippen LogP contribution in [0.3, 0.4) is 0 Å². The van der Waals surface area contributed by atoms with E-state index in [2.05, 4.69) is 32.8 Å². The molecule has 5 aliphatic heterocycles. The number of anilines is 3. The molecular weight excluding hydrogens is 1500 g/mol. The van der Waals surface area contributed by atoms with Gasteiger partial charge in [-0.05, 0) is 129 Å². The smallest absolute Gasteiger partial charge is 0.416 e. The van der Waals surface area contributed by atoms with E-state index in [-0.39, 0.29) is 121 Å². The molecule has 30 nitrogen and oxygen atoms in total. The molecule has 3 fully saturated rings. The molecule has 8 N–H and O–H groups in total. The van der Waals surface area contributed by atoms with Gasteiger partial charge in [0.15, 0.2) is 47.1 Å². The molecule has 0 bridgehead atoms. The van der Waals surface area contributed by atoms with E-state index in [1.807, 2.05) is 98.3 Å². The maximum absolute atomic E-state index is 14.3. The largest absolute Gasteiger partial charge is 0.493 e. The SMILES string of the molecule is C=CCOC(=O)N1c2cc(OCCCC(=O)Nc3cc(C(=O)Cc4ccc(-c5cc(C(=O)NCCN)n(C)c5)cc4)n(C)c3)c(OC)cc2C(=O)N2CCCC[C@H]2C1OC1CCCCO1.COc1cc2c(cc1OCCCC(=O)Nc1cc(C(=O)Cc3ccc(-c4cc(C(=O)NCCN)n(C)c4)cc3)n(C)c1)N=C[C@@H]1CCCCN1C2=O. The van der Waals surface area contributed by atoms with E-state index in [0.29, 0.717) is 128 Å². The van der Waals surface area contributed by atoms with Crippen molar-refractivity contribution in [2.24, 2.45) is 44.7 Å². The summed E-state index contributed by atoms with van der Waals surface area (Å²) >= 11 is 0. The van der Waals surface area contributed by atoms with Crippen LogP contribution in [0.15, 0.2) is 139 Å². The number of hydrogen-bond acceptors (Lipinski definition) is 19. The van der Waals surface area contributed by atoms with E-state index in [0.717, 1.165) is 78.3 Å². The van der Waals surface area contributed by atoms with Crippen molar-refractivity contribution in [2.75, 3.05) is 95.4 Å². The first-order valence-corrected chi connectivity index (χ1v) is 39.8. The Kier molecular flexibility index (Phi) is 28.4. The third kappa shape index (κ3) is 20.6. The Labute approximate surface area is 679 Å². The lowest BCUT2D eigenvalue weighted by Gasteiger charge is -2.42. The van der Waals surface area contributed by atoms with Crippen molar-refractivity contribution in [3.63, 3.8) is 0 Å². The number of carbonyl (C=O) groups is 9. The highest BCUT2D eigenvalue weighted by molar-refractivity contribution is 6.07. The monoisotopic (exact) mass is 1600 g/mol. The Hall–Kier alpha value is -12.1. The fourth-order valence-electron chi connectivity index (χ4n) is 15.2. The Bertz CT molecular complexity index is 4970. The number of amides is 7. The molecule has 13 rings (SSSR count). The summed E-state index contributed by atoms with van der Waals surface area (Å²) in [7, 11) is 10.2. The number of nitrogens with zero attached hydrogens (tertiary/aromatic N) is 8. The minimum absolute atomic E-state index is 0.000804. The fraction of sp³-hybridized carbons (Fsp3) is 0.402. The molecule has 2 unspecified atom stereocenters. The van der Waals surface area contributed by atoms with Gasteiger partial charge in [-0.15, -0.1) is 0 Å². The first-order valence-electron chi connectivity index (χ1n) is 39.8. The number of aryl methyl sites for hydroxylation is 4. The lowest BCUT2D eigenvalue weighted by molar-refractivity contribution is -0.198. The molecule has 3 saturated heterocycles. The average Bonchev–Trinajstić information content (AvgIpc) is 1.59. The lowest BCUT2D eigenvalue weighted by atomic mass is 10.00. The molecule has 5 aliphatic rings. The molecule has 4 atom stereocenters. The summed E-state index contributed by atoms with van der Waals surface area (Å²) in [5.41, 5.74) is 20.8. The summed E-state index contributed by atoms with van der Waals surface area (Å²) in [5, 5.41) is 11.3. The zero-order chi connectivity index (χ0) is 82.8. The third-order valence-electron chi connectivity index (χ3n) is 21.2. The maximum Gasteiger partial charge on any atom is 0.416 e. The second-order valence-corrected chi connectivity index (χ2v) is 29.6. The van der Waals surface area contributed by atoms with Crippen LogP contribution in [0.4, 0.5) is 27.5 Å². The van der Waals surface area contributed by atoms with E-state index in [9.17, 15) is 43.2 Å². The van der Waals surface area contributed by atoms with E-state index < -0.39 is 24.7 Å². The standard InChI is InChI=1S/C48H59N7O10.C39H45N7O6/c1-5-21-64-48(60)55-37-28-42(41(61-4)27-35(37)46(59)54-20-8-6-11-36(54)47(55)65-44-13-7-9-22-63-44)62-23-10-12-43(57)51-34-26-38(53(3)30-34)40(56)24-31-14-16-32(17-15-31)33-25-39(52(2)29-33)45(58)50-19-18-49;1-44-23-27(18-33(44)38(49)41-14-13-40)26-11-9-25(10-12-26)17-34(47)32-19-28(24-45(32)2)43-37(48)8-6-16-52-36-21-31-30(20-35(36)51-3)39(50)46-15-5-4-7-29(46)22-42-31/h5,14-17,25-30,36,44,47H,1,6-13,18-24,49H2,2-4H3,(H,50,58)(H,51,57);9-12,18-24,29H,4-8,13-17,40H2,1-3H3,(H,41,49)(H,43,48)/t36-,44?,47?;29-/m00/s1. The molecule has 117 heavy (non-hydrogen) atoms. The van der Waals surface area contributed by atoms with Crippen LogP contribution >= 0.6 is 0 Å². The number of methoxy groups -OCH3 is 2. The second-order valence-electron chi connectivity index (χ2n) is 29.6. The van der Waals surface area contributed by atoms with Crippen molar-refractivity contribution in [3.05, 3.63) is 180 Å². The molecule has 0 radical (unpaired) electrons. The van der Waals surface area contributed by atoms with Gasteiger partial charge in [-0.25, -0.2) is 9.69 Å². The number of ketones is 2. The van der Waals surface area contributed by atoms with Gasteiger partial charge in [0.1, 0.15) is 18.0 Å². The lowest BCUT2D eigenvalue weighted by Crippen LogP contribution is -2.57. The van der Waals surface area contributed by atoms with Gasteiger partial charge in [0, 0.05) is 154 Å². The molecule has 4 aromatic heterocycles. The Morgan fingerprint density at radius 2 is 1.07 bits per heavy atom. The minimum Gasteiger partial charge on any atom is -0.493 e. The van der Waals surface area contributed by atoms with E-state index >= 15 is 0 Å². The Balaban J connectivity index is 0.000000221. The number of piperidine rings is 2. The third-order valence-corrected chi connectivity index (χ3v) is 21.2. The molecule has 618 valence electrons. The van der Waals surface area contributed by atoms with Crippen molar-refractivity contribution in [3.8, 4) is 45.3 Å². The quantitative estimate of drug-likeness (QED) is 0.0130. The number of ether oxygens (including phenoxy) is 7. The first-order chi connectivity index (χ1) is 56.6. The van der Waals surface area contributed by atoms with Crippen LogP contribution in [0.1, 0.15) is 157 Å². The van der Waals surface area contributed by atoms with Gasteiger partial charge in [-0.1, -0.05) is 61.2 Å². The number of aromatic nitrogens is 4. The fourth-order valence-corrected chi connectivity index (χ4v) is 15.2. The molecule has 0 spiro atoms. The van der Waals surface area contributed by atoms with Crippen LogP contribution in [0.2, 0.25) is 0 Å². The highest BCUT2D eigenvalue weighted by Gasteiger charge is 2.47. The number of nitrogens with one attached hydrogen (secondary N) is 4.